The molecule has 3 amide bonds. The zero-order valence-electron chi connectivity index (χ0n) is 15.3. The molecule has 9 heteroatoms. The normalized spacial score (nSPS) is 11.2. The van der Waals surface area contributed by atoms with Crippen molar-refractivity contribution in [2.45, 2.75) is 20.0 Å². The van der Waals surface area contributed by atoms with Crippen molar-refractivity contribution in [2.75, 3.05) is 6.54 Å². The molecule has 0 aliphatic rings. The van der Waals surface area contributed by atoms with Gasteiger partial charge in [-0.1, -0.05) is 36.4 Å². The van der Waals surface area contributed by atoms with Gasteiger partial charge in [-0.15, -0.1) is 0 Å². The fourth-order valence-corrected chi connectivity index (χ4v) is 2.39. The van der Waals surface area contributed by atoms with Gasteiger partial charge in [0.1, 0.15) is 0 Å². The van der Waals surface area contributed by atoms with Crippen LogP contribution in [0.25, 0.3) is 0 Å². The van der Waals surface area contributed by atoms with Gasteiger partial charge in [0, 0.05) is 23.7 Å². The second-order valence-corrected chi connectivity index (χ2v) is 5.80. The van der Waals surface area contributed by atoms with E-state index in [9.17, 15) is 24.5 Å². The molecule has 1 atom stereocenters. The van der Waals surface area contributed by atoms with Crippen LogP contribution in [-0.2, 0) is 9.53 Å². The van der Waals surface area contributed by atoms with Crippen molar-refractivity contribution in [3.05, 3.63) is 75.3 Å². The number of nitro groups is 1. The van der Waals surface area contributed by atoms with Crippen LogP contribution in [0.3, 0.4) is 0 Å². The van der Waals surface area contributed by atoms with E-state index in [-0.39, 0.29) is 11.3 Å². The lowest BCUT2D eigenvalue weighted by Gasteiger charge is -2.17. The quantitative estimate of drug-likeness (QED) is 0.447. The van der Waals surface area contributed by atoms with Gasteiger partial charge < -0.3 is 10.1 Å². The number of imide groups is 1. The van der Waals surface area contributed by atoms with Crippen LogP contribution in [0, 0.1) is 17.0 Å². The molecule has 0 unspecified atom stereocenters. The van der Waals surface area contributed by atoms with Gasteiger partial charge in [-0.3, -0.25) is 20.2 Å². The largest absolute Gasteiger partial charge is 0.444 e. The van der Waals surface area contributed by atoms with Crippen LogP contribution < -0.4 is 10.6 Å². The number of benzene rings is 2. The van der Waals surface area contributed by atoms with Crippen LogP contribution in [0.15, 0.2) is 48.5 Å². The Morgan fingerprint density at radius 2 is 1.82 bits per heavy atom. The molecule has 0 aliphatic carbocycles. The second kappa shape index (κ2) is 9.26. The van der Waals surface area contributed by atoms with E-state index in [1.165, 1.54) is 12.1 Å². The van der Waals surface area contributed by atoms with Crippen LogP contribution >= 0.6 is 0 Å². The van der Waals surface area contributed by atoms with Crippen LogP contribution in [0.5, 0.6) is 0 Å². The van der Waals surface area contributed by atoms with Gasteiger partial charge in [0.15, 0.2) is 0 Å². The van der Waals surface area contributed by atoms with Crippen molar-refractivity contribution < 1.29 is 24.0 Å². The molecule has 0 fully saturated rings. The van der Waals surface area contributed by atoms with E-state index in [0.717, 1.165) is 6.07 Å². The molecular weight excluding hydrogens is 366 g/mol. The maximum Gasteiger partial charge on any atom is 0.339 e. The maximum absolute atomic E-state index is 12.5. The van der Waals surface area contributed by atoms with Crippen molar-refractivity contribution in [1.29, 1.82) is 0 Å². The van der Waals surface area contributed by atoms with Crippen molar-refractivity contribution >= 4 is 23.6 Å². The van der Waals surface area contributed by atoms with Gasteiger partial charge in [0.05, 0.1) is 10.5 Å². The number of nitrogens with zero attached hydrogens (tertiary/aromatic N) is 1. The average Bonchev–Trinajstić information content (AvgIpc) is 2.66. The summed E-state index contributed by atoms with van der Waals surface area (Å²) in [5, 5.41) is 15.6. The zero-order valence-corrected chi connectivity index (χ0v) is 15.3. The Balaban J connectivity index is 2.28. The summed E-state index contributed by atoms with van der Waals surface area (Å²) in [6.45, 7) is 3.53. The maximum atomic E-state index is 12.5. The highest BCUT2D eigenvalue weighted by atomic mass is 16.6. The first-order valence-electron chi connectivity index (χ1n) is 8.43. The summed E-state index contributed by atoms with van der Waals surface area (Å²) >= 11 is 0. The number of hydrogen-bond donors (Lipinski definition) is 2. The van der Waals surface area contributed by atoms with E-state index in [0.29, 0.717) is 17.7 Å². The van der Waals surface area contributed by atoms with Gasteiger partial charge in [0.2, 0.25) is 6.10 Å². The number of hydrogen-bond acceptors (Lipinski definition) is 6. The van der Waals surface area contributed by atoms with Crippen molar-refractivity contribution in [1.82, 2.24) is 10.6 Å². The third kappa shape index (κ3) is 5.13. The highest BCUT2D eigenvalue weighted by molar-refractivity contribution is 5.99. The Kier molecular flexibility index (Phi) is 6.80. The lowest BCUT2D eigenvalue weighted by molar-refractivity contribution is -0.385. The minimum absolute atomic E-state index is 0.0796. The monoisotopic (exact) mass is 385 g/mol. The Labute approximate surface area is 160 Å². The molecule has 0 aromatic heterocycles. The summed E-state index contributed by atoms with van der Waals surface area (Å²) in [6.07, 6.45) is -1.41. The summed E-state index contributed by atoms with van der Waals surface area (Å²) < 4.78 is 5.28. The smallest absolute Gasteiger partial charge is 0.339 e. The Bertz CT molecular complexity index is 898. The first-order chi connectivity index (χ1) is 13.3. The molecule has 146 valence electrons. The zero-order chi connectivity index (χ0) is 20.7. The van der Waals surface area contributed by atoms with Crippen LogP contribution in [0.1, 0.15) is 34.5 Å². The van der Waals surface area contributed by atoms with Gasteiger partial charge in [0.25, 0.3) is 11.6 Å². The number of amides is 3. The minimum atomic E-state index is -1.41. The molecular formula is C19H19N3O6. The summed E-state index contributed by atoms with van der Waals surface area (Å²) in [5.74, 6) is -1.77. The number of rotatable bonds is 6. The standard InChI is InChI=1S/C19H19N3O6/c1-3-20-19(25)21-17(23)16(13-7-5-4-6-8-13)28-18(24)14-10-9-12(2)15(11-14)22(26)27/h4-11,16H,3H2,1-2H3,(H2,20,21,23,25)/t16-/m0/s1. The van der Waals surface area contributed by atoms with Crippen LogP contribution in [-0.4, -0.2) is 29.4 Å². The predicted octanol–water partition coefficient (Wildman–Crippen LogP) is 2.65. The topological polar surface area (TPSA) is 128 Å². The summed E-state index contributed by atoms with van der Waals surface area (Å²) in [6, 6.07) is 11.3. The van der Waals surface area contributed by atoms with Gasteiger partial charge in [-0.25, -0.2) is 9.59 Å². The number of ether oxygens (including phenoxy) is 1. The highest BCUT2D eigenvalue weighted by Crippen LogP contribution is 2.23. The van der Waals surface area contributed by atoms with Crippen LogP contribution in [0.4, 0.5) is 10.5 Å². The Hall–Kier alpha value is -3.75. The molecule has 2 N–H and O–H groups in total. The fourth-order valence-electron chi connectivity index (χ4n) is 2.39. The molecule has 28 heavy (non-hydrogen) atoms. The summed E-state index contributed by atoms with van der Waals surface area (Å²) in [7, 11) is 0. The number of nitrogens with one attached hydrogen (secondary N) is 2. The molecule has 2 aromatic carbocycles. The van der Waals surface area contributed by atoms with Crippen molar-refractivity contribution in [3.63, 3.8) is 0 Å². The van der Waals surface area contributed by atoms with E-state index < -0.39 is 28.9 Å². The van der Waals surface area contributed by atoms with Crippen molar-refractivity contribution in [2.24, 2.45) is 0 Å². The third-order valence-corrected chi connectivity index (χ3v) is 3.78. The molecule has 0 spiro atoms. The van der Waals surface area contributed by atoms with E-state index in [2.05, 4.69) is 10.6 Å². The molecule has 0 aliphatic heterocycles. The first kappa shape index (κ1) is 20.6. The highest BCUT2D eigenvalue weighted by Gasteiger charge is 2.27. The number of carbonyl (C=O) groups excluding carboxylic acids is 3. The predicted molar refractivity (Wildman–Crippen MR) is 99.6 cm³/mol. The number of aryl methyl sites for hydroxylation is 1. The molecule has 0 saturated heterocycles. The van der Waals surface area contributed by atoms with Gasteiger partial charge in [-0.2, -0.15) is 0 Å². The number of esters is 1. The molecule has 0 radical (unpaired) electrons. The van der Waals surface area contributed by atoms with Crippen LogP contribution in [0.2, 0.25) is 0 Å². The Morgan fingerprint density at radius 1 is 1.14 bits per heavy atom. The Morgan fingerprint density at radius 3 is 2.43 bits per heavy atom. The number of nitro benzene ring substituents is 1. The average molecular weight is 385 g/mol. The molecule has 9 nitrogen and oxygen atoms in total. The third-order valence-electron chi connectivity index (χ3n) is 3.78. The van der Waals surface area contributed by atoms with E-state index >= 15 is 0 Å². The SMILES string of the molecule is CCNC(=O)NC(=O)[C@@H](OC(=O)c1ccc(C)c([N+](=O)[O-])c1)c1ccccc1. The molecule has 2 aromatic rings. The van der Waals surface area contributed by atoms with E-state index in [1.54, 1.807) is 44.2 Å². The van der Waals surface area contributed by atoms with Gasteiger partial charge in [-0.05, 0) is 19.9 Å². The summed E-state index contributed by atoms with van der Waals surface area (Å²) in [4.78, 5) is 47.1. The molecule has 2 rings (SSSR count). The second-order valence-electron chi connectivity index (χ2n) is 5.80. The summed E-state index contributed by atoms with van der Waals surface area (Å²) in [5.41, 5.74) is 0.413. The molecule has 0 saturated carbocycles. The van der Waals surface area contributed by atoms with Crippen molar-refractivity contribution in [3.8, 4) is 0 Å². The lowest BCUT2D eigenvalue weighted by Crippen LogP contribution is -2.42. The number of carbonyl (C=O) groups is 3. The first-order valence-corrected chi connectivity index (χ1v) is 8.43. The molecule has 0 heterocycles. The molecule has 0 bridgehead atoms. The van der Waals surface area contributed by atoms with E-state index in [4.69, 9.17) is 4.74 Å². The fraction of sp³-hybridized carbons (Fsp3) is 0.211. The van der Waals surface area contributed by atoms with E-state index in [1.807, 2.05) is 0 Å². The van der Waals surface area contributed by atoms with Gasteiger partial charge >= 0.3 is 12.0 Å². The number of urea groups is 1. The minimum Gasteiger partial charge on any atom is -0.444 e. The lowest BCUT2D eigenvalue weighted by atomic mass is 10.1.